The van der Waals surface area contributed by atoms with Gasteiger partial charge in [0.2, 0.25) is 0 Å². The van der Waals surface area contributed by atoms with Crippen molar-refractivity contribution in [1.82, 2.24) is 15.0 Å². The quantitative estimate of drug-likeness (QED) is 0.796. The highest BCUT2D eigenvalue weighted by Gasteiger charge is 2.40. The van der Waals surface area contributed by atoms with Gasteiger partial charge in [-0.05, 0) is 32.6 Å². The predicted octanol–water partition coefficient (Wildman–Crippen LogP) is 3.62. The summed E-state index contributed by atoms with van der Waals surface area (Å²) in [5.41, 5.74) is 1.19. The number of alkyl halides is 1. The molecule has 1 aliphatic heterocycles. The lowest BCUT2D eigenvalue weighted by Crippen LogP contribution is -2.32. The van der Waals surface area contributed by atoms with E-state index < -0.39 is 0 Å². The summed E-state index contributed by atoms with van der Waals surface area (Å²) in [7, 11) is 0. The Morgan fingerprint density at radius 3 is 2.89 bits per heavy atom. The summed E-state index contributed by atoms with van der Waals surface area (Å²) < 4.78 is 8.29. The van der Waals surface area contributed by atoms with Gasteiger partial charge in [0.25, 0.3) is 0 Å². The second-order valence-electron chi connectivity index (χ2n) is 6.00. The summed E-state index contributed by atoms with van der Waals surface area (Å²) in [6, 6.07) is 0. The van der Waals surface area contributed by atoms with Gasteiger partial charge < -0.3 is 4.74 Å². The number of hydrogen-bond donors (Lipinski definition) is 0. The van der Waals surface area contributed by atoms with Crippen LogP contribution in [-0.2, 0) is 11.3 Å². The van der Waals surface area contributed by atoms with E-state index in [-0.39, 0.29) is 10.4 Å². The molecule has 106 valence electrons. The zero-order valence-electron chi connectivity index (χ0n) is 11.5. The lowest BCUT2D eigenvalue weighted by atomic mass is 9.83. The predicted molar refractivity (Wildman–Crippen MR) is 77.3 cm³/mol. The molecule has 1 aromatic heterocycles. The highest BCUT2D eigenvalue weighted by atomic mass is 79.9. The Kier molecular flexibility index (Phi) is 3.94. The lowest BCUT2D eigenvalue weighted by molar-refractivity contribution is -0.0689. The van der Waals surface area contributed by atoms with E-state index in [1.807, 2.05) is 10.9 Å². The number of ether oxygens (including phenoxy) is 1. The Bertz CT molecular complexity index is 426. The van der Waals surface area contributed by atoms with Gasteiger partial charge in [-0.2, -0.15) is 0 Å². The van der Waals surface area contributed by atoms with Crippen LogP contribution in [0.25, 0.3) is 0 Å². The SMILES string of the molecule is CC(Br)c1cn(CC2CCC3(CCCCC3)O2)nn1. The Morgan fingerprint density at radius 1 is 1.42 bits per heavy atom. The van der Waals surface area contributed by atoms with Gasteiger partial charge in [0, 0.05) is 6.20 Å². The molecule has 1 aromatic rings. The normalized spacial score (nSPS) is 27.8. The number of aromatic nitrogens is 3. The molecule has 1 saturated carbocycles. The fraction of sp³-hybridized carbons (Fsp3) is 0.857. The van der Waals surface area contributed by atoms with Crippen molar-refractivity contribution in [3.63, 3.8) is 0 Å². The Balaban J connectivity index is 1.58. The van der Waals surface area contributed by atoms with E-state index in [0.717, 1.165) is 12.2 Å². The summed E-state index contributed by atoms with van der Waals surface area (Å²) in [4.78, 5) is 0.260. The highest BCUT2D eigenvalue weighted by molar-refractivity contribution is 9.09. The van der Waals surface area contributed by atoms with Crippen molar-refractivity contribution < 1.29 is 4.74 Å². The maximum atomic E-state index is 6.36. The smallest absolute Gasteiger partial charge is 0.0960 e. The van der Waals surface area contributed by atoms with Crippen molar-refractivity contribution in [1.29, 1.82) is 0 Å². The molecular formula is C14H22BrN3O. The topological polar surface area (TPSA) is 39.9 Å². The molecule has 0 aromatic carbocycles. The first-order valence-electron chi connectivity index (χ1n) is 7.39. The third-order valence-electron chi connectivity index (χ3n) is 4.46. The molecule has 0 radical (unpaired) electrons. The minimum Gasteiger partial charge on any atom is -0.370 e. The molecule has 1 spiro atoms. The second kappa shape index (κ2) is 5.52. The molecule has 2 aliphatic rings. The first kappa shape index (κ1) is 13.6. The molecule has 2 fully saturated rings. The second-order valence-corrected chi connectivity index (χ2v) is 7.38. The minimum absolute atomic E-state index is 0.203. The minimum atomic E-state index is 0.203. The average Bonchev–Trinajstić information content (AvgIpc) is 2.99. The molecule has 5 heteroatoms. The summed E-state index contributed by atoms with van der Waals surface area (Å²) in [6.07, 6.45) is 11.3. The largest absolute Gasteiger partial charge is 0.370 e. The van der Waals surface area contributed by atoms with Gasteiger partial charge in [0.1, 0.15) is 0 Å². The third-order valence-corrected chi connectivity index (χ3v) is 4.93. The molecule has 19 heavy (non-hydrogen) atoms. The number of nitrogens with zero attached hydrogens (tertiary/aromatic N) is 3. The van der Waals surface area contributed by atoms with Crippen molar-refractivity contribution in [3.05, 3.63) is 11.9 Å². The monoisotopic (exact) mass is 327 g/mol. The van der Waals surface area contributed by atoms with Crippen molar-refractivity contribution in [2.45, 2.75) is 74.9 Å². The van der Waals surface area contributed by atoms with Crippen molar-refractivity contribution >= 4 is 15.9 Å². The van der Waals surface area contributed by atoms with E-state index in [1.54, 1.807) is 0 Å². The Labute approximate surface area is 123 Å². The van der Waals surface area contributed by atoms with Gasteiger partial charge in [0.05, 0.1) is 28.8 Å². The molecular weight excluding hydrogens is 306 g/mol. The molecule has 4 nitrogen and oxygen atoms in total. The Hall–Kier alpha value is -0.420. The fourth-order valence-electron chi connectivity index (χ4n) is 3.38. The number of rotatable bonds is 3. The van der Waals surface area contributed by atoms with Crippen molar-refractivity contribution in [3.8, 4) is 0 Å². The van der Waals surface area contributed by atoms with E-state index in [2.05, 4.69) is 33.2 Å². The highest BCUT2D eigenvalue weighted by Crippen LogP contribution is 2.42. The first-order valence-corrected chi connectivity index (χ1v) is 8.30. The number of halogens is 1. The standard InChI is InChI=1S/C14H22BrN3O/c1-11(15)13-10-18(17-16-13)9-12-5-8-14(19-12)6-3-2-4-7-14/h10-12H,2-9H2,1H3. The molecule has 3 rings (SSSR count). The van der Waals surface area contributed by atoms with Crippen LogP contribution in [0.1, 0.15) is 62.4 Å². The maximum absolute atomic E-state index is 6.36. The van der Waals surface area contributed by atoms with Gasteiger partial charge in [-0.25, -0.2) is 4.68 Å². The van der Waals surface area contributed by atoms with Crippen LogP contribution >= 0.6 is 15.9 Å². The summed E-state index contributed by atoms with van der Waals surface area (Å²) in [5, 5.41) is 8.36. The van der Waals surface area contributed by atoms with E-state index in [1.165, 1.54) is 44.9 Å². The van der Waals surface area contributed by atoms with E-state index in [4.69, 9.17) is 4.74 Å². The van der Waals surface area contributed by atoms with Crippen LogP contribution in [0.3, 0.4) is 0 Å². The third kappa shape index (κ3) is 3.02. The molecule has 2 heterocycles. The van der Waals surface area contributed by atoms with Crippen LogP contribution in [0.4, 0.5) is 0 Å². The van der Waals surface area contributed by atoms with E-state index in [0.29, 0.717) is 6.10 Å². The van der Waals surface area contributed by atoms with Gasteiger partial charge in [-0.3, -0.25) is 0 Å². The van der Waals surface area contributed by atoms with Crippen LogP contribution in [0.2, 0.25) is 0 Å². The summed E-state index contributed by atoms with van der Waals surface area (Å²) >= 11 is 3.52. The zero-order chi connectivity index (χ0) is 13.3. The molecule has 0 bridgehead atoms. The van der Waals surface area contributed by atoms with Crippen molar-refractivity contribution in [2.75, 3.05) is 0 Å². The van der Waals surface area contributed by atoms with Crippen molar-refractivity contribution in [2.24, 2.45) is 0 Å². The van der Waals surface area contributed by atoms with Gasteiger partial charge >= 0.3 is 0 Å². The van der Waals surface area contributed by atoms with E-state index >= 15 is 0 Å². The van der Waals surface area contributed by atoms with Gasteiger partial charge in [-0.1, -0.05) is 40.4 Å². The average molecular weight is 328 g/mol. The number of hydrogen-bond acceptors (Lipinski definition) is 3. The molecule has 1 saturated heterocycles. The molecule has 2 unspecified atom stereocenters. The molecule has 0 amide bonds. The lowest BCUT2D eigenvalue weighted by Gasteiger charge is -2.33. The van der Waals surface area contributed by atoms with Crippen LogP contribution in [0.15, 0.2) is 6.20 Å². The van der Waals surface area contributed by atoms with Crippen LogP contribution in [0.5, 0.6) is 0 Å². The summed E-state index contributed by atoms with van der Waals surface area (Å²) in [5.74, 6) is 0. The fourth-order valence-corrected chi connectivity index (χ4v) is 3.59. The van der Waals surface area contributed by atoms with Crippen LogP contribution in [-0.4, -0.2) is 26.7 Å². The molecule has 0 N–H and O–H groups in total. The zero-order valence-corrected chi connectivity index (χ0v) is 13.1. The molecule has 2 atom stereocenters. The maximum Gasteiger partial charge on any atom is 0.0960 e. The Morgan fingerprint density at radius 2 is 2.21 bits per heavy atom. The van der Waals surface area contributed by atoms with E-state index in [9.17, 15) is 0 Å². The van der Waals surface area contributed by atoms with Gasteiger partial charge in [0.15, 0.2) is 0 Å². The van der Waals surface area contributed by atoms with Crippen LogP contribution in [0, 0.1) is 0 Å². The van der Waals surface area contributed by atoms with Crippen LogP contribution < -0.4 is 0 Å². The first-order chi connectivity index (χ1) is 9.17. The molecule has 1 aliphatic carbocycles. The summed E-state index contributed by atoms with van der Waals surface area (Å²) in [6.45, 7) is 2.91. The van der Waals surface area contributed by atoms with Gasteiger partial charge in [-0.15, -0.1) is 5.10 Å².